The lowest BCUT2D eigenvalue weighted by molar-refractivity contribution is 0.282. The van der Waals surface area contributed by atoms with Crippen LogP contribution in [-0.4, -0.2) is 11.7 Å². The maximum absolute atomic E-state index is 8.99. The van der Waals surface area contributed by atoms with Crippen LogP contribution in [0.25, 0.3) is 0 Å². The number of aliphatic hydroxyl groups excluding tert-OH is 1. The van der Waals surface area contributed by atoms with E-state index in [1.54, 1.807) is 0 Å². The number of halogens is 1. The van der Waals surface area contributed by atoms with Gasteiger partial charge in [0.25, 0.3) is 0 Å². The molecule has 0 bridgehead atoms. The van der Waals surface area contributed by atoms with Gasteiger partial charge in [0.2, 0.25) is 0 Å². The van der Waals surface area contributed by atoms with Gasteiger partial charge in [-0.1, -0.05) is 60.3 Å². The van der Waals surface area contributed by atoms with Crippen molar-refractivity contribution in [2.24, 2.45) is 0 Å². The van der Waals surface area contributed by atoms with Gasteiger partial charge in [0.1, 0.15) is 0 Å². The molecule has 0 aliphatic carbocycles. The Morgan fingerprint density at radius 3 is 2.43 bits per heavy atom. The highest BCUT2D eigenvalue weighted by molar-refractivity contribution is 6.31. The number of aliphatic hydroxyl groups is 1. The van der Waals surface area contributed by atoms with E-state index in [4.69, 9.17) is 23.1 Å². The molecule has 0 aliphatic heterocycles. The van der Waals surface area contributed by atoms with Crippen molar-refractivity contribution in [1.82, 2.24) is 0 Å². The van der Waals surface area contributed by atoms with Gasteiger partial charge < -0.3 is 5.11 Å². The molecule has 2 aromatic rings. The van der Waals surface area contributed by atoms with Crippen molar-refractivity contribution in [3.05, 3.63) is 70.2 Å². The molecule has 0 heterocycles. The molecule has 1 unspecified atom stereocenters. The van der Waals surface area contributed by atoms with Gasteiger partial charge in [0.05, 0.1) is 5.02 Å². The van der Waals surface area contributed by atoms with Crippen LogP contribution in [0.15, 0.2) is 48.5 Å². The van der Waals surface area contributed by atoms with Crippen LogP contribution in [-0.2, 0) is 0 Å². The second kappa shape index (κ2) is 7.88. The van der Waals surface area contributed by atoms with Crippen molar-refractivity contribution in [2.45, 2.75) is 25.2 Å². The number of terminal acetylenes is 1. The monoisotopic (exact) mass is 298 g/mol. The number of rotatable bonds is 6. The third kappa shape index (κ3) is 4.11. The summed E-state index contributed by atoms with van der Waals surface area (Å²) < 4.78 is 0. The molecule has 21 heavy (non-hydrogen) atoms. The summed E-state index contributed by atoms with van der Waals surface area (Å²) >= 11 is 6.24. The number of hydrogen-bond acceptors (Lipinski definition) is 1. The highest BCUT2D eigenvalue weighted by Gasteiger charge is 2.14. The van der Waals surface area contributed by atoms with Crippen LogP contribution in [0, 0.1) is 12.3 Å². The fraction of sp³-hybridized carbons (Fsp3) is 0.263. The molecule has 2 aromatic carbocycles. The van der Waals surface area contributed by atoms with E-state index in [-0.39, 0.29) is 12.5 Å². The highest BCUT2D eigenvalue weighted by atomic mass is 35.5. The summed E-state index contributed by atoms with van der Waals surface area (Å²) in [6.07, 6.45) is 8.20. The van der Waals surface area contributed by atoms with E-state index < -0.39 is 0 Å². The van der Waals surface area contributed by atoms with Crippen LogP contribution in [0.2, 0.25) is 5.02 Å². The Labute approximate surface area is 131 Å². The van der Waals surface area contributed by atoms with Crippen molar-refractivity contribution >= 4 is 11.6 Å². The lowest BCUT2D eigenvalue weighted by Crippen LogP contribution is -2.02. The Bertz CT molecular complexity index is 613. The predicted molar refractivity (Wildman–Crippen MR) is 88.6 cm³/mol. The Morgan fingerprint density at radius 1 is 1.05 bits per heavy atom. The summed E-state index contributed by atoms with van der Waals surface area (Å²) in [7, 11) is 0. The Hall–Kier alpha value is -1.75. The van der Waals surface area contributed by atoms with Gasteiger partial charge in [-0.3, -0.25) is 0 Å². The van der Waals surface area contributed by atoms with Gasteiger partial charge in [-0.05, 0) is 36.1 Å². The molecule has 108 valence electrons. The third-order valence-electron chi connectivity index (χ3n) is 3.65. The average molecular weight is 299 g/mol. The van der Waals surface area contributed by atoms with Crippen molar-refractivity contribution in [2.75, 3.05) is 6.61 Å². The summed E-state index contributed by atoms with van der Waals surface area (Å²) in [5.74, 6) is 2.87. The van der Waals surface area contributed by atoms with Gasteiger partial charge in [-0.15, -0.1) is 6.42 Å². The van der Waals surface area contributed by atoms with E-state index in [1.807, 2.05) is 30.3 Å². The molecule has 1 atom stereocenters. The zero-order valence-corrected chi connectivity index (χ0v) is 12.7. The van der Waals surface area contributed by atoms with Gasteiger partial charge in [0, 0.05) is 18.1 Å². The van der Waals surface area contributed by atoms with Crippen LogP contribution < -0.4 is 0 Å². The van der Waals surface area contributed by atoms with E-state index in [0.717, 1.165) is 24.8 Å². The van der Waals surface area contributed by atoms with Crippen LogP contribution >= 0.6 is 11.6 Å². The maximum Gasteiger partial charge on any atom is 0.0565 e. The van der Waals surface area contributed by atoms with E-state index >= 15 is 0 Å². The molecule has 0 spiro atoms. The van der Waals surface area contributed by atoms with E-state index in [1.165, 1.54) is 11.1 Å². The minimum absolute atomic E-state index is 0.234. The molecule has 0 aliphatic rings. The Kier molecular flexibility index (Phi) is 5.87. The number of hydrogen-bond donors (Lipinski definition) is 1. The van der Waals surface area contributed by atoms with Gasteiger partial charge in [0.15, 0.2) is 0 Å². The molecular formula is C19H19ClO. The normalized spacial score (nSPS) is 11.9. The van der Waals surface area contributed by atoms with Crippen LogP contribution in [0.3, 0.4) is 0 Å². The predicted octanol–water partition coefficient (Wildman–Crippen LogP) is 4.62. The maximum atomic E-state index is 8.99. The fourth-order valence-electron chi connectivity index (χ4n) is 2.54. The molecule has 0 saturated carbocycles. The third-order valence-corrected chi connectivity index (χ3v) is 3.97. The molecular weight excluding hydrogens is 280 g/mol. The second-order valence-electron chi connectivity index (χ2n) is 5.07. The number of unbranched alkanes of at least 4 members (excludes halogenated alkanes) is 1. The van der Waals surface area contributed by atoms with Crippen LogP contribution in [0.1, 0.15) is 41.9 Å². The smallest absolute Gasteiger partial charge is 0.0565 e. The fourth-order valence-corrected chi connectivity index (χ4v) is 2.78. The van der Waals surface area contributed by atoms with E-state index in [9.17, 15) is 0 Å². The summed E-state index contributed by atoms with van der Waals surface area (Å²) in [4.78, 5) is 0. The van der Waals surface area contributed by atoms with Gasteiger partial charge in [-0.2, -0.15) is 0 Å². The molecule has 1 N–H and O–H groups in total. The lowest BCUT2D eigenvalue weighted by Gasteiger charge is -2.18. The molecule has 2 rings (SSSR count). The summed E-state index contributed by atoms with van der Waals surface area (Å²) in [5.41, 5.74) is 3.16. The lowest BCUT2D eigenvalue weighted by atomic mass is 9.86. The second-order valence-corrected chi connectivity index (χ2v) is 5.47. The molecule has 1 nitrogen and oxygen atoms in total. The summed E-state index contributed by atoms with van der Waals surface area (Å²) in [5, 5.41) is 9.61. The Morgan fingerprint density at radius 2 is 1.81 bits per heavy atom. The van der Waals surface area contributed by atoms with Gasteiger partial charge in [-0.25, -0.2) is 0 Å². The molecule has 2 heteroatoms. The summed E-state index contributed by atoms with van der Waals surface area (Å²) in [6.45, 7) is 0.234. The first kappa shape index (κ1) is 15.6. The minimum atomic E-state index is 0.234. The zero-order valence-electron chi connectivity index (χ0n) is 11.9. The molecule has 0 aromatic heterocycles. The zero-order chi connectivity index (χ0) is 15.1. The average Bonchev–Trinajstić information content (AvgIpc) is 2.52. The first-order valence-electron chi connectivity index (χ1n) is 7.18. The number of benzene rings is 2. The van der Waals surface area contributed by atoms with Crippen molar-refractivity contribution < 1.29 is 5.11 Å². The van der Waals surface area contributed by atoms with E-state index in [2.05, 4.69) is 24.1 Å². The summed E-state index contributed by atoms with van der Waals surface area (Å²) in [6, 6.07) is 16.3. The Balaban J connectivity index is 2.31. The highest BCUT2D eigenvalue weighted by Crippen LogP contribution is 2.32. The first-order chi connectivity index (χ1) is 10.3. The molecule has 0 radical (unpaired) electrons. The van der Waals surface area contributed by atoms with Crippen LogP contribution in [0.4, 0.5) is 0 Å². The van der Waals surface area contributed by atoms with Crippen molar-refractivity contribution in [3.63, 3.8) is 0 Å². The topological polar surface area (TPSA) is 20.2 Å². The first-order valence-corrected chi connectivity index (χ1v) is 7.56. The van der Waals surface area contributed by atoms with E-state index in [0.29, 0.717) is 5.02 Å². The standard InChI is InChI=1S/C19H19ClO/c1-2-15-11-12-17(14-19(15)20)18(10-6-7-13-21)16-8-4-3-5-9-16/h1,3-5,8-9,11-12,14,18,21H,6-7,10,13H2. The molecule has 0 amide bonds. The largest absolute Gasteiger partial charge is 0.396 e. The van der Waals surface area contributed by atoms with Crippen LogP contribution in [0.5, 0.6) is 0 Å². The quantitative estimate of drug-likeness (QED) is 0.609. The molecule has 0 fully saturated rings. The van der Waals surface area contributed by atoms with Crippen molar-refractivity contribution in [3.8, 4) is 12.3 Å². The minimum Gasteiger partial charge on any atom is -0.396 e. The van der Waals surface area contributed by atoms with Crippen molar-refractivity contribution in [1.29, 1.82) is 0 Å². The molecule has 0 saturated heterocycles. The van der Waals surface area contributed by atoms with Gasteiger partial charge >= 0.3 is 0 Å². The SMILES string of the molecule is C#Cc1ccc(C(CCCCO)c2ccccc2)cc1Cl.